The molecule has 6 nitrogen and oxygen atoms in total. The van der Waals surface area contributed by atoms with Gasteiger partial charge in [-0.25, -0.2) is 0 Å². The van der Waals surface area contributed by atoms with Gasteiger partial charge in [0.05, 0.1) is 0 Å². The molecule has 23 heavy (non-hydrogen) atoms. The summed E-state index contributed by atoms with van der Waals surface area (Å²) < 4.78 is 0. The van der Waals surface area contributed by atoms with Crippen molar-refractivity contribution in [1.29, 1.82) is 0 Å². The first-order chi connectivity index (χ1) is 10.7. The first kappa shape index (κ1) is 22.4. The second-order valence-corrected chi connectivity index (χ2v) is 5.55. The molecular weight excluding hydrogens is 405 g/mol. The Kier molecular flexibility index (Phi) is 13.5. The van der Waals surface area contributed by atoms with Crippen molar-refractivity contribution in [3.63, 3.8) is 0 Å². The summed E-state index contributed by atoms with van der Waals surface area (Å²) in [5, 5.41) is 6.64. The van der Waals surface area contributed by atoms with Crippen molar-refractivity contribution in [3.8, 4) is 0 Å². The van der Waals surface area contributed by atoms with E-state index < -0.39 is 0 Å². The molecule has 0 aromatic heterocycles. The van der Waals surface area contributed by atoms with E-state index in [4.69, 9.17) is 0 Å². The Morgan fingerprint density at radius 1 is 1.26 bits per heavy atom. The van der Waals surface area contributed by atoms with Gasteiger partial charge < -0.3 is 20.4 Å². The van der Waals surface area contributed by atoms with E-state index in [1.807, 2.05) is 4.90 Å². The Balaban J connectivity index is 0.00000484. The highest BCUT2D eigenvalue weighted by molar-refractivity contribution is 14.0. The molecule has 1 heterocycles. The average molecular weight is 439 g/mol. The molecule has 0 bridgehead atoms. The summed E-state index contributed by atoms with van der Waals surface area (Å²) in [5.74, 6) is 1.18. The second-order valence-electron chi connectivity index (χ2n) is 5.55. The lowest BCUT2D eigenvalue weighted by Gasteiger charge is -2.19. The minimum atomic E-state index is 0. The predicted octanol–water partition coefficient (Wildman–Crippen LogP) is 1.51. The van der Waals surface area contributed by atoms with Gasteiger partial charge in [0.25, 0.3) is 0 Å². The molecule has 0 aromatic rings. The lowest BCUT2D eigenvalue weighted by Crippen LogP contribution is -2.41. The number of amides is 1. The third-order valence-corrected chi connectivity index (χ3v) is 3.99. The number of hydrogen-bond donors (Lipinski definition) is 2. The van der Waals surface area contributed by atoms with Crippen LogP contribution in [-0.4, -0.2) is 74.0 Å². The van der Waals surface area contributed by atoms with E-state index in [1.54, 1.807) is 0 Å². The number of carbonyl (C=O) groups is 1. The van der Waals surface area contributed by atoms with Crippen molar-refractivity contribution in [2.24, 2.45) is 4.99 Å². The first-order valence-corrected chi connectivity index (χ1v) is 8.73. The maximum absolute atomic E-state index is 11.5. The standard InChI is InChI=1S/C16H33N5O.HI/c1-4-17-16(19-11-14-20(5-2)6-3)18-10-8-13-21-12-7-9-15(21)22;/h4-14H2,1-3H3,(H2,17,18,19);1H. The molecule has 136 valence electrons. The van der Waals surface area contributed by atoms with Crippen LogP contribution in [0.3, 0.4) is 0 Å². The molecule has 0 aliphatic carbocycles. The SMILES string of the molecule is CCNC(=NCCCN1CCCC1=O)NCCN(CC)CC.I. The van der Waals surface area contributed by atoms with E-state index in [-0.39, 0.29) is 24.0 Å². The number of nitrogens with one attached hydrogen (secondary N) is 2. The molecular formula is C16H34IN5O. The van der Waals surface area contributed by atoms with Crippen molar-refractivity contribution in [1.82, 2.24) is 20.4 Å². The third-order valence-electron chi connectivity index (χ3n) is 3.99. The largest absolute Gasteiger partial charge is 0.357 e. The lowest BCUT2D eigenvalue weighted by atomic mass is 10.4. The van der Waals surface area contributed by atoms with Crippen LogP contribution in [0.5, 0.6) is 0 Å². The van der Waals surface area contributed by atoms with Gasteiger partial charge in [0.2, 0.25) is 5.91 Å². The van der Waals surface area contributed by atoms with Crippen molar-refractivity contribution in [2.45, 2.75) is 40.0 Å². The van der Waals surface area contributed by atoms with Crippen molar-refractivity contribution >= 4 is 35.8 Å². The fraction of sp³-hybridized carbons (Fsp3) is 0.875. The molecule has 7 heteroatoms. The number of rotatable bonds is 10. The summed E-state index contributed by atoms with van der Waals surface area (Å²) in [7, 11) is 0. The molecule has 0 radical (unpaired) electrons. The third kappa shape index (κ3) is 9.34. The van der Waals surface area contributed by atoms with Gasteiger partial charge in [-0.2, -0.15) is 0 Å². The highest BCUT2D eigenvalue weighted by Gasteiger charge is 2.18. The zero-order valence-electron chi connectivity index (χ0n) is 14.9. The van der Waals surface area contributed by atoms with Crippen LogP contribution in [0.1, 0.15) is 40.0 Å². The first-order valence-electron chi connectivity index (χ1n) is 8.73. The Labute approximate surface area is 158 Å². The highest BCUT2D eigenvalue weighted by atomic mass is 127. The number of carbonyl (C=O) groups excluding carboxylic acids is 1. The molecule has 1 aliphatic rings. The Morgan fingerprint density at radius 3 is 2.57 bits per heavy atom. The summed E-state index contributed by atoms with van der Waals surface area (Å²) in [4.78, 5) is 20.5. The number of likely N-dealkylation sites (tertiary alicyclic amines) is 1. The molecule has 0 spiro atoms. The second kappa shape index (κ2) is 13.8. The number of guanidine groups is 1. The number of nitrogens with zero attached hydrogens (tertiary/aromatic N) is 3. The van der Waals surface area contributed by atoms with Gasteiger partial charge in [-0.15, -0.1) is 24.0 Å². The van der Waals surface area contributed by atoms with Crippen LogP contribution < -0.4 is 10.6 Å². The predicted molar refractivity (Wildman–Crippen MR) is 108 cm³/mol. The fourth-order valence-corrected chi connectivity index (χ4v) is 2.61. The summed E-state index contributed by atoms with van der Waals surface area (Å²) in [6, 6.07) is 0. The Bertz CT molecular complexity index is 347. The molecule has 0 saturated carbocycles. The van der Waals surface area contributed by atoms with Gasteiger partial charge >= 0.3 is 0 Å². The normalized spacial score (nSPS) is 15.0. The number of halogens is 1. The van der Waals surface area contributed by atoms with Crippen LogP contribution in [0.25, 0.3) is 0 Å². The van der Waals surface area contributed by atoms with Crippen molar-refractivity contribution < 1.29 is 4.79 Å². The quantitative estimate of drug-likeness (QED) is 0.235. The van der Waals surface area contributed by atoms with E-state index in [0.29, 0.717) is 5.91 Å². The van der Waals surface area contributed by atoms with Gasteiger partial charge in [-0.05, 0) is 32.9 Å². The van der Waals surface area contributed by atoms with Crippen LogP contribution in [0.2, 0.25) is 0 Å². The summed E-state index contributed by atoms with van der Waals surface area (Å²) >= 11 is 0. The number of likely N-dealkylation sites (N-methyl/N-ethyl adjacent to an activating group) is 1. The van der Waals surface area contributed by atoms with Gasteiger partial charge in [0.1, 0.15) is 0 Å². The van der Waals surface area contributed by atoms with E-state index in [1.165, 1.54) is 0 Å². The monoisotopic (exact) mass is 439 g/mol. The smallest absolute Gasteiger partial charge is 0.222 e. The van der Waals surface area contributed by atoms with Gasteiger partial charge in [0, 0.05) is 45.7 Å². The van der Waals surface area contributed by atoms with Crippen LogP contribution in [-0.2, 0) is 4.79 Å². The summed E-state index contributed by atoms with van der Waals surface area (Å²) in [6.07, 6.45) is 2.66. The highest BCUT2D eigenvalue weighted by Crippen LogP contribution is 2.09. The van der Waals surface area contributed by atoms with Crippen LogP contribution >= 0.6 is 24.0 Å². The number of aliphatic imine (C=N–C) groups is 1. The molecule has 1 fully saturated rings. The summed E-state index contributed by atoms with van der Waals surface area (Å²) in [5.41, 5.74) is 0. The maximum atomic E-state index is 11.5. The van der Waals surface area contributed by atoms with E-state index >= 15 is 0 Å². The molecule has 0 unspecified atom stereocenters. The molecule has 2 N–H and O–H groups in total. The topological polar surface area (TPSA) is 60.0 Å². The lowest BCUT2D eigenvalue weighted by molar-refractivity contribution is -0.127. The zero-order chi connectivity index (χ0) is 16.2. The van der Waals surface area contributed by atoms with Crippen molar-refractivity contribution in [3.05, 3.63) is 0 Å². The molecule has 0 atom stereocenters. The average Bonchev–Trinajstić information content (AvgIpc) is 2.93. The van der Waals surface area contributed by atoms with Crippen LogP contribution in [0.4, 0.5) is 0 Å². The van der Waals surface area contributed by atoms with Crippen LogP contribution in [0, 0.1) is 0 Å². The molecule has 1 amide bonds. The van der Waals surface area contributed by atoms with Crippen LogP contribution in [0.15, 0.2) is 4.99 Å². The Morgan fingerprint density at radius 2 is 2.00 bits per heavy atom. The van der Waals surface area contributed by atoms with E-state index in [0.717, 1.165) is 77.6 Å². The minimum Gasteiger partial charge on any atom is -0.357 e. The molecule has 1 rings (SSSR count). The fourth-order valence-electron chi connectivity index (χ4n) is 2.61. The van der Waals surface area contributed by atoms with Gasteiger partial charge in [-0.1, -0.05) is 13.8 Å². The summed E-state index contributed by atoms with van der Waals surface area (Å²) in [6.45, 7) is 13.9. The molecule has 1 saturated heterocycles. The van der Waals surface area contributed by atoms with Crippen molar-refractivity contribution in [2.75, 3.05) is 52.4 Å². The maximum Gasteiger partial charge on any atom is 0.222 e. The number of hydrogen-bond acceptors (Lipinski definition) is 3. The Hall–Kier alpha value is -0.570. The van der Waals surface area contributed by atoms with E-state index in [9.17, 15) is 4.79 Å². The zero-order valence-corrected chi connectivity index (χ0v) is 17.3. The van der Waals surface area contributed by atoms with Gasteiger partial charge in [0.15, 0.2) is 5.96 Å². The van der Waals surface area contributed by atoms with E-state index in [2.05, 4.69) is 41.3 Å². The van der Waals surface area contributed by atoms with Gasteiger partial charge in [-0.3, -0.25) is 9.79 Å². The minimum absolute atomic E-state index is 0. The molecule has 0 aromatic carbocycles. The molecule has 1 aliphatic heterocycles.